The highest BCUT2D eigenvalue weighted by atomic mass is 32.1. The van der Waals surface area contributed by atoms with E-state index in [1.165, 1.54) is 0 Å². The standard InChI is InChI=1S/C19H13N5OS/c20-7-13-5-14(13)19(25)23-17-9-24-8-12(2-4-18(24)22-17)11-1-3-15-16(6-11)26-10-21-15/h1-4,6,8-10,13-14H,5H2,(H,23,25)/t13-,14+/m0/s1. The number of pyridine rings is 1. The van der Waals surface area contributed by atoms with Crippen molar-refractivity contribution >= 4 is 38.9 Å². The molecule has 1 fully saturated rings. The van der Waals surface area contributed by atoms with E-state index >= 15 is 0 Å². The van der Waals surface area contributed by atoms with Crippen LogP contribution >= 0.6 is 11.3 Å². The molecule has 1 amide bonds. The van der Waals surface area contributed by atoms with Gasteiger partial charge in [0.25, 0.3) is 0 Å². The Bertz CT molecular complexity index is 1200. The van der Waals surface area contributed by atoms with Crippen LogP contribution in [0, 0.1) is 23.2 Å². The number of nitriles is 1. The monoisotopic (exact) mass is 359 g/mol. The van der Waals surface area contributed by atoms with Crippen LogP contribution in [0.25, 0.3) is 27.0 Å². The van der Waals surface area contributed by atoms with E-state index in [9.17, 15) is 4.79 Å². The quantitative estimate of drug-likeness (QED) is 0.604. The fraction of sp³-hybridized carbons (Fsp3) is 0.158. The van der Waals surface area contributed by atoms with E-state index in [2.05, 4.69) is 33.5 Å². The molecule has 2 atom stereocenters. The van der Waals surface area contributed by atoms with Crippen molar-refractivity contribution in [3.05, 3.63) is 48.2 Å². The molecule has 6 nitrogen and oxygen atoms in total. The topological polar surface area (TPSA) is 83.1 Å². The fourth-order valence-corrected chi connectivity index (χ4v) is 3.82. The highest BCUT2D eigenvalue weighted by Gasteiger charge is 2.43. The van der Waals surface area contributed by atoms with Gasteiger partial charge in [0.05, 0.1) is 39.8 Å². The first-order chi connectivity index (χ1) is 12.7. The number of hydrogen-bond acceptors (Lipinski definition) is 5. The maximum Gasteiger partial charge on any atom is 0.230 e. The van der Waals surface area contributed by atoms with Crippen molar-refractivity contribution in [2.45, 2.75) is 6.42 Å². The number of hydrogen-bond donors (Lipinski definition) is 1. The van der Waals surface area contributed by atoms with Gasteiger partial charge in [0.2, 0.25) is 5.91 Å². The fourth-order valence-electron chi connectivity index (χ4n) is 3.10. The van der Waals surface area contributed by atoms with Crippen molar-refractivity contribution in [2.75, 3.05) is 5.32 Å². The van der Waals surface area contributed by atoms with Crippen molar-refractivity contribution in [1.29, 1.82) is 5.26 Å². The lowest BCUT2D eigenvalue weighted by molar-refractivity contribution is -0.117. The molecule has 1 N–H and O–H groups in total. The summed E-state index contributed by atoms with van der Waals surface area (Å²) in [6.45, 7) is 0. The minimum atomic E-state index is -0.202. The molecule has 5 rings (SSSR count). The van der Waals surface area contributed by atoms with Gasteiger partial charge in [-0.3, -0.25) is 4.79 Å². The Hall–Kier alpha value is -3.24. The molecule has 1 aromatic carbocycles. The summed E-state index contributed by atoms with van der Waals surface area (Å²) in [4.78, 5) is 20.8. The van der Waals surface area contributed by atoms with E-state index in [1.54, 1.807) is 17.5 Å². The van der Waals surface area contributed by atoms with Crippen LogP contribution in [-0.2, 0) is 4.79 Å². The predicted molar refractivity (Wildman–Crippen MR) is 99.6 cm³/mol. The number of rotatable bonds is 3. The van der Waals surface area contributed by atoms with Crippen LogP contribution in [0.3, 0.4) is 0 Å². The van der Waals surface area contributed by atoms with E-state index in [0.29, 0.717) is 12.2 Å². The number of amides is 1. The number of fused-ring (bicyclic) bond motifs is 2. The Morgan fingerprint density at radius 3 is 3.00 bits per heavy atom. The summed E-state index contributed by atoms with van der Waals surface area (Å²) in [5.41, 5.74) is 5.78. The van der Waals surface area contributed by atoms with Crippen LogP contribution in [0.5, 0.6) is 0 Å². The number of nitrogens with one attached hydrogen (secondary N) is 1. The zero-order valence-corrected chi connectivity index (χ0v) is 14.4. The van der Waals surface area contributed by atoms with Crippen LogP contribution in [0.2, 0.25) is 0 Å². The Morgan fingerprint density at radius 2 is 2.15 bits per heavy atom. The summed E-state index contributed by atoms with van der Waals surface area (Å²) in [5.74, 6) is 0.0243. The lowest BCUT2D eigenvalue weighted by Gasteiger charge is -2.02. The normalized spacial score (nSPS) is 18.7. The SMILES string of the molecule is N#C[C@@H]1C[C@H]1C(=O)Nc1cn2cc(-c3ccc4ncsc4c3)ccc2n1. The van der Waals surface area contributed by atoms with Gasteiger partial charge in [0.1, 0.15) is 5.65 Å². The second-order valence-electron chi connectivity index (χ2n) is 6.41. The van der Waals surface area contributed by atoms with Gasteiger partial charge < -0.3 is 9.72 Å². The lowest BCUT2D eigenvalue weighted by Crippen LogP contribution is -2.14. The second kappa shape index (κ2) is 5.64. The Balaban J connectivity index is 1.44. The van der Waals surface area contributed by atoms with Gasteiger partial charge >= 0.3 is 0 Å². The zero-order valence-electron chi connectivity index (χ0n) is 13.6. The van der Waals surface area contributed by atoms with Crippen LogP contribution in [-0.4, -0.2) is 20.3 Å². The summed E-state index contributed by atoms with van der Waals surface area (Å²) in [6, 6.07) is 12.3. The van der Waals surface area contributed by atoms with E-state index < -0.39 is 0 Å². The number of nitrogens with zero attached hydrogens (tertiary/aromatic N) is 4. The number of thiazole rings is 1. The Kier molecular flexibility index (Phi) is 3.27. The Morgan fingerprint density at radius 1 is 1.27 bits per heavy atom. The predicted octanol–water partition coefficient (Wildman–Crippen LogP) is 3.71. The number of aromatic nitrogens is 3. The van der Waals surface area contributed by atoms with E-state index in [0.717, 1.165) is 27.0 Å². The van der Waals surface area contributed by atoms with Gasteiger partial charge in [-0.05, 0) is 41.8 Å². The molecule has 0 unspecified atom stereocenters. The molecule has 3 heterocycles. The number of carbonyl (C=O) groups is 1. The van der Waals surface area contributed by atoms with Crippen molar-refractivity contribution in [3.63, 3.8) is 0 Å². The molecular formula is C19H13N5OS. The maximum absolute atomic E-state index is 12.1. The molecule has 1 saturated carbocycles. The van der Waals surface area contributed by atoms with E-state index in [1.807, 2.05) is 34.3 Å². The molecule has 0 bridgehead atoms. The average molecular weight is 359 g/mol. The summed E-state index contributed by atoms with van der Waals surface area (Å²) >= 11 is 1.62. The summed E-state index contributed by atoms with van der Waals surface area (Å²) in [5, 5.41) is 11.7. The number of imidazole rings is 1. The zero-order chi connectivity index (χ0) is 17.7. The minimum Gasteiger partial charge on any atom is -0.309 e. The molecule has 26 heavy (non-hydrogen) atoms. The molecule has 0 aliphatic heterocycles. The third kappa shape index (κ3) is 2.52. The molecule has 7 heteroatoms. The summed E-state index contributed by atoms with van der Waals surface area (Å²) in [7, 11) is 0. The molecule has 3 aromatic heterocycles. The largest absolute Gasteiger partial charge is 0.309 e. The first-order valence-corrected chi connectivity index (χ1v) is 9.12. The van der Waals surface area contributed by atoms with Crippen molar-refractivity contribution in [3.8, 4) is 17.2 Å². The van der Waals surface area contributed by atoms with Crippen molar-refractivity contribution in [2.24, 2.45) is 11.8 Å². The molecule has 4 aromatic rings. The van der Waals surface area contributed by atoms with Gasteiger partial charge in [0.15, 0.2) is 5.82 Å². The van der Waals surface area contributed by atoms with Gasteiger partial charge in [0, 0.05) is 6.20 Å². The molecule has 0 radical (unpaired) electrons. The highest BCUT2D eigenvalue weighted by molar-refractivity contribution is 7.16. The number of benzene rings is 1. The Labute approximate surface area is 152 Å². The maximum atomic E-state index is 12.1. The second-order valence-corrected chi connectivity index (χ2v) is 7.30. The van der Waals surface area contributed by atoms with Gasteiger partial charge in [-0.1, -0.05) is 6.07 Å². The smallest absolute Gasteiger partial charge is 0.230 e. The molecule has 0 saturated heterocycles. The minimum absolute atomic E-state index is 0.129. The average Bonchev–Trinajstić information content (AvgIpc) is 3.12. The van der Waals surface area contributed by atoms with Crippen LogP contribution < -0.4 is 5.32 Å². The molecule has 1 aliphatic rings. The van der Waals surface area contributed by atoms with Crippen LogP contribution in [0.1, 0.15) is 6.42 Å². The third-order valence-corrected chi connectivity index (χ3v) is 5.45. The molecule has 1 aliphatic carbocycles. The molecule has 126 valence electrons. The van der Waals surface area contributed by atoms with Gasteiger partial charge in [-0.15, -0.1) is 11.3 Å². The van der Waals surface area contributed by atoms with Crippen molar-refractivity contribution in [1.82, 2.24) is 14.4 Å². The number of carbonyl (C=O) groups excluding carboxylic acids is 1. The van der Waals surface area contributed by atoms with E-state index in [4.69, 9.17) is 5.26 Å². The molecular weight excluding hydrogens is 346 g/mol. The number of anilines is 1. The third-order valence-electron chi connectivity index (χ3n) is 4.66. The van der Waals surface area contributed by atoms with Gasteiger partial charge in [-0.2, -0.15) is 5.26 Å². The van der Waals surface area contributed by atoms with Crippen molar-refractivity contribution < 1.29 is 4.79 Å². The van der Waals surface area contributed by atoms with Crippen LogP contribution in [0.4, 0.5) is 5.82 Å². The van der Waals surface area contributed by atoms with Gasteiger partial charge in [-0.25, -0.2) is 9.97 Å². The first-order valence-electron chi connectivity index (χ1n) is 8.24. The molecule has 0 spiro atoms. The summed E-state index contributed by atoms with van der Waals surface area (Å²) < 4.78 is 3.05. The first kappa shape index (κ1) is 15.0. The highest BCUT2D eigenvalue weighted by Crippen LogP contribution is 2.38. The van der Waals surface area contributed by atoms with E-state index in [-0.39, 0.29) is 17.7 Å². The van der Waals surface area contributed by atoms with Crippen LogP contribution in [0.15, 0.2) is 48.2 Å². The lowest BCUT2D eigenvalue weighted by atomic mass is 10.1. The summed E-state index contributed by atoms with van der Waals surface area (Å²) in [6.07, 6.45) is 4.43.